The molecule has 0 atom stereocenters. The number of non-ortho nitro benzene ring substituents is 1. The first-order chi connectivity index (χ1) is 9.52. The van der Waals surface area contributed by atoms with E-state index in [1.54, 1.807) is 11.4 Å². The molecule has 0 aliphatic heterocycles. The Labute approximate surface area is 125 Å². The highest BCUT2D eigenvalue weighted by Gasteiger charge is 2.16. The number of thiophene rings is 1. The molecule has 20 heavy (non-hydrogen) atoms. The molecule has 0 aliphatic rings. The van der Waals surface area contributed by atoms with E-state index < -0.39 is 4.92 Å². The summed E-state index contributed by atoms with van der Waals surface area (Å²) < 4.78 is 0.653. The Morgan fingerprint density at radius 3 is 2.75 bits per heavy atom. The monoisotopic (exact) mass is 351 g/mol. The Balaban J connectivity index is 2.31. The molecule has 100 valence electrons. The minimum absolute atomic E-state index is 0.0419. The maximum atomic E-state index is 12.0. The summed E-state index contributed by atoms with van der Waals surface area (Å²) in [5, 5.41) is 23.9. The lowest BCUT2D eigenvalue weighted by Gasteiger charge is -2.06. The molecule has 8 heteroatoms. The number of nitrogens with one attached hydrogen (secondary N) is 1. The highest BCUT2D eigenvalue weighted by molar-refractivity contribution is 9.10. The lowest BCUT2D eigenvalue weighted by atomic mass is 10.1. The molecule has 0 fully saturated rings. The number of hydrogen-bond acceptors (Lipinski definition) is 5. The molecule has 1 N–H and O–H groups in total. The van der Waals surface area contributed by atoms with Gasteiger partial charge in [0.1, 0.15) is 10.9 Å². The third kappa shape index (κ3) is 2.84. The zero-order valence-electron chi connectivity index (χ0n) is 9.79. The van der Waals surface area contributed by atoms with Gasteiger partial charge in [0.05, 0.1) is 16.2 Å². The van der Waals surface area contributed by atoms with Crippen molar-refractivity contribution < 1.29 is 9.72 Å². The Morgan fingerprint density at radius 1 is 1.45 bits per heavy atom. The summed E-state index contributed by atoms with van der Waals surface area (Å²) >= 11 is 4.49. The van der Waals surface area contributed by atoms with E-state index in [9.17, 15) is 14.9 Å². The molecule has 6 nitrogen and oxygen atoms in total. The van der Waals surface area contributed by atoms with Crippen LogP contribution in [0.15, 0.2) is 34.1 Å². The van der Waals surface area contributed by atoms with Gasteiger partial charge in [0.25, 0.3) is 11.6 Å². The first-order valence-electron chi connectivity index (χ1n) is 5.26. The first-order valence-corrected chi connectivity index (χ1v) is 6.93. The number of nitrogens with zero attached hydrogens (tertiary/aromatic N) is 2. The Morgan fingerprint density at radius 2 is 2.20 bits per heavy atom. The van der Waals surface area contributed by atoms with Crippen molar-refractivity contribution in [2.24, 2.45) is 0 Å². The van der Waals surface area contributed by atoms with Crippen molar-refractivity contribution in [2.75, 3.05) is 5.32 Å². The lowest BCUT2D eigenvalue weighted by Crippen LogP contribution is -2.12. The van der Waals surface area contributed by atoms with Gasteiger partial charge in [-0.25, -0.2) is 0 Å². The predicted octanol–water partition coefficient (Wildman–Crippen LogP) is 3.54. The van der Waals surface area contributed by atoms with Crippen LogP contribution in [0.5, 0.6) is 0 Å². The molecular formula is C12H6BrN3O3S. The molecule has 0 unspecified atom stereocenters. The molecule has 1 amide bonds. The largest absolute Gasteiger partial charge is 0.320 e. The van der Waals surface area contributed by atoms with Gasteiger partial charge >= 0.3 is 0 Å². The average Bonchev–Trinajstić information content (AvgIpc) is 2.85. The number of hydrogen-bond donors (Lipinski definition) is 1. The number of halogens is 1. The number of carbonyl (C=O) groups excluding carboxylic acids is 1. The van der Waals surface area contributed by atoms with Gasteiger partial charge in [0.2, 0.25) is 0 Å². The van der Waals surface area contributed by atoms with Gasteiger partial charge in [-0.2, -0.15) is 5.26 Å². The number of carbonyl (C=O) groups is 1. The maximum absolute atomic E-state index is 12.0. The molecule has 2 rings (SSSR count). The smallest absolute Gasteiger partial charge is 0.270 e. The molecule has 0 saturated carbocycles. The van der Waals surface area contributed by atoms with Crippen LogP contribution < -0.4 is 5.32 Å². The van der Waals surface area contributed by atoms with E-state index in [1.807, 2.05) is 6.07 Å². The lowest BCUT2D eigenvalue weighted by molar-refractivity contribution is -0.384. The molecule has 0 aliphatic carbocycles. The number of nitro benzene ring substituents is 1. The Hall–Kier alpha value is -2.24. The maximum Gasteiger partial charge on any atom is 0.270 e. The van der Waals surface area contributed by atoms with Gasteiger partial charge in [-0.1, -0.05) is 0 Å². The van der Waals surface area contributed by atoms with E-state index >= 15 is 0 Å². The van der Waals surface area contributed by atoms with Crippen molar-refractivity contribution in [3.05, 3.63) is 54.7 Å². The van der Waals surface area contributed by atoms with Crippen LogP contribution in [-0.4, -0.2) is 10.8 Å². The number of benzene rings is 1. The van der Waals surface area contributed by atoms with Crippen LogP contribution in [0.3, 0.4) is 0 Å². The number of rotatable bonds is 3. The zero-order valence-corrected chi connectivity index (χ0v) is 12.2. The van der Waals surface area contributed by atoms with Crippen molar-refractivity contribution in [3.63, 3.8) is 0 Å². The highest BCUT2D eigenvalue weighted by Crippen LogP contribution is 2.26. The highest BCUT2D eigenvalue weighted by atomic mass is 79.9. The second kappa shape index (κ2) is 5.81. The zero-order chi connectivity index (χ0) is 14.7. The second-order valence-corrected chi connectivity index (χ2v) is 5.42. The Kier molecular flexibility index (Phi) is 4.12. The van der Waals surface area contributed by atoms with E-state index in [1.165, 1.54) is 23.5 Å². The van der Waals surface area contributed by atoms with Gasteiger partial charge in [-0.15, -0.1) is 11.3 Å². The summed E-state index contributed by atoms with van der Waals surface area (Å²) in [6.45, 7) is 0. The Bertz CT molecular complexity index is 736. The molecule has 0 saturated heterocycles. The molecule has 0 bridgehead atoms. The molecule has 1 aromatic heterocycles. The molecule has 1 heterocycles. The number of nitro groups is 1. The number of anilines is 1. The molecule has 2 aromatic rings. The molecular weight excluding hydrogens is 346 g/mol. The van der Waals surface area contributed by atoms with Gasteiger partial charge in [0.15, 0.2) is 0 Å². The fourth-order valence-electron chi connectivity index (χ4n) is 1.48. The van der Waals surface area contributed by atoms with Crippen LogP contribution in [0.2, 0.25) is 0 Å². The minimum Gasteiger partial charge on any atom is -0.320 e. The average molecular weight is 352 g/mol. The third-order valence-electron chi connectivity index (χ3n) is 2.41. The fraction of sp³-hybridized carbons (Fsp3) is 0. The summed E-state index contributed by atoms with van der Waals surface area (Å²) in [5.41, 5.74) is 0.0838. The van der Waals surface area contributed by atoms with E-state index in [0.717, 1.165) is 6.07 Å². The van der Waals surface area contributed by atoms with Crippen LogP contribution in [-0.2, 0) is 0 Å². The molecule has 0 radical (unpaired) electrons. The summed E-state index contributed by atoms with van der Waals surface area (Å²) in [6.07, 6.45) is 0. The van der Waals surface area contributed by atoms with E-state index in [2.05, 4.69) is 21.2 Å². The van der Waals surface area contributed by atoms with Gasteiger partial charge < -0.3 is 5.32 Å². The van der Waals surface area contributed by atoms with E-state index in [4.69, 9.17) is 5.26 Å². The van der Waals surface area contributed by atoms with Crippen LogP contribution in [0.4, 0.5) is 11.4 Å². The van der Waals surface area contributed by atoms with Crippen molar-refractivity contribution in [3.8, 4) is 6.07 Å². The predicted molar refractivity (Wildman–Crippen MR) is 77.8 cm³/mol. The van der Waals surface area contributed by atoms with Crippen molar-refractivity contribution >= 4 is 44.5 Å². The standard InChI is InChI=1S/C12H6BrN3O3S/c13-9-3-4-20-11(9)12(17)15-10-2-1-8(16(18)19)5-7(10)6-14/h1-5H,(H,15,17). The van der Waals surface area contributed by atoms with Crippen LogP contribution in [0.25, 0.3) is 0 Å². The summed E-state index contributed by atoms with van der Waals surface area (Å²) in [5.74, 6) is -0.378. The van der Waals surface area contributed by atoms with Gasteiger partial charge in [-0.05, 0) is 33.4 Å². The van der Waals surface area contributed by atoms with Crippen LogP contribution >= 0.6 is 27.3 Å². The number of amides is 1. The molecule has 1 aromatic carbocycles. The minimum atomic E-state index is -0.595. The van der Waals surface area contributed by atoms with Crippen molar-refractivity contribution in [1.82, 2.24) is 0 Å². The topological polar surface area (TPSA) is 96.0 Å². The van der Waals surface area contributed by atoms with Gasteiger partial charge in [0, 0.05) is 16.6 Å². The van der Waals surface area contributed by atoms with E-state index in [-0.39, 0.29) is 22.8 Å². The van der Waals surface area contributed by atoms with Crippen molar-refractivity contribution in [2.45, 2.75) is 0 Å². The number of nitriles is 1. The van der Waals surface area contributed by atoms with E-state index in [0.29, 0.717) is 9.35 Å². The fourth-order valence-corrected chi connectivity index (χ4v) is 2.93. The summed E-state index contributed by atoms with van der Waals surface area (Å²) in [4.78, 5) is 22.5. The quantitative estimate of drug-likeness (QED) is 0.675. The first kappa shape index (κ1) is 14.2. The van der Waals surface area contributed by atoms with Crippen LogP contribution in [0.1, 0.15) is 15.2 Å². The third-order valence-corrected chi connectivity index (χ3v) is 4.24. The second-order valence-electron chi connectivity index (χ2n) is 3.65. The summed E-state index contributed by atoms with van der Waals surface area (Å²) in [7, 11) is 0. The van der Waals surface area contributed by atoms with Crippen molar-refractivity contribution in [1.29, 1.82) is 5.26 Å². The van der Waals surface area contributed by atoms with Gasteiger partial charge in [-0.3, -0.25) is 14.9 Å². The SMILES string of the molecule is N#Cc1cc([N+](=O)[O-])ccc1NC(=O)c1sccc1Br. The summed E-state index contributed by atoms with van der Waals surface area (Å²) in [6, 6.07) is 7.27. The normalized spacial score (nSPS) is 9.80. The molecule has 0 spiro atoms. The van der Waals surface area contributed by atoms with Crippen LogP contribution in [0, 0.1) is 21.4 Å².